The van der Waals surface area contributed by atoms with Gasteiger partial charge in [-0.05, 0) is 32.2 Å². The average Bonchev–Trinajstić information content (AvgIpc) is 2.28. The molecule has 0 amide bonds. The second-order valence-electron chi connectivity index (χ2n) is 3.35. The third kappa shape index (κ3) is 3.73. The van der Waals surface area contributed by atoms with Crippen molar-refractivity contribution in [1.82, 2.24) is 5.32 Å². The van der Waals surface area contributed by atoms with E-state index in [1.165, 1.54) is 25.7 Å². The molecule has 1 N–H and O–H groups in total. The molecule has 1 aliphatic rings. The summed E-state index contributed by atoms with van der Waals surface area (Å²) in [6.07, 6.45) is 7.23. The molecule has 1 unspecified atom stereocenters. The number of hydrogen-bond donors (Lipinski definition) is 1. The van der Waals surface area contributed by atoms with E-state index in [2.05, 4.69) is 5.32 Å². The second-order valence-corrected chi connectivity index (χ2v) is 3.35. The van der Waals surface area contributed by atoms with Gasteiger partial charge in [0.25, 0.3) is 0 Å². The quantitative estimate of drug-likeness (QED) is 0.663. The van der Waals surface area contributed by atoms with Crippen LogP contribution in [0.3, 0.4) is 0 Å². The summed E-state index contributed by atoms with van der Waals surface area (Å²) in [5.41, 5.74) is 0. The number of nitrogens with one attached hydrogen (secondary N) is 1. The molecule has 1 heterocycles. The van der Waals surface area contributed by atoms with E-state index < -0.39 is 0 Å². The van der Waals surface area contributed by atoms with Gasteiger partial charge < -0.3 is 5.32 Å². The summed E-state index contributed by atoms with van der Waals surface area (Å²) in [5, 5.41) is 13.7. The van der Waals surface area contributed by atoms with Gasteiger partial charge in [0.05, 0.1) is 6.61 Å². The zero-order chi connectivity index (χ0) is 7.94. The van der Waals surface area contributed by atoms with Crippen LogP contribution in [-0.4, -0.2) is 19.2 Å². The Balaban J connectivity index is 2.09. The van der Waals surface area contributed by atoms with Crippen LogP contribution < -0.4 is 5.32 Å². The minimum absolute atomic E-state index is 0.0954. The van der Waals surface area contributed by atoms with E-state index in [0.717, 1.165) is 19.4 Å². The van der Waals surface area contributed by atoms with E-state index in [9.17, 15) is 5.11 Å². The van der Waals surface area contributed by atoms with Gasteiger partial charge in [0.2, 0.25) is 0 Å². The molecule has 1 aliphatic heterocycles. The van der Waals surface area contributed by atoms with Crippen LogP contribution in [0.4, 0.5) is 0 Å². The van der Waals surface area contributed by atoms with Gasteiger partial charge in [-0.1, -0.05) is 12.8 Å². The third-order valence-corrected chi connectivity index (χ3v) is 2.36. The fourth-order valence-electron chi connectivity index (χ4n) is 1.68. The fourth-order valence-corrected chi connectivity index (χ4v) is 1.68. The van der Waals surface area contributed by atoms with Crippen LogP contribution in [0.2, 0.25) is 0 Å². The van der Waals surface area contributed by atoms with E-state index in [1.807, 2.05) is 0 Å². The van der Waals surface area contributed by atoms with Crippen LogP contribution in [0.25, 0.3) is 0 Å². The summed E-state index contributed by atoms with van der Waals surface area (Å²) in [6.45, 7) is 1.25. The molecule has 0 spiro atoms. The topological polar surface area (TPSA) is 31.9 Å². The lowest BCUT2D eigenvalue weighted by atomic mass is 10.1. The molecule has 1 fully saturated rings. The molecule has 0 aromatic carbocycles. The molecule has 0 aromatic heterocycles. The highest BCUT2D eigenvalue weighted by Crippen LogP contribution is 2.11. The van der Waals surface area contributed by atoms with Crippen molar-refractivity contribution in [2.45, 2.75) is 44.6 Å². The molecular formula is C9H18NO. The predicted octanol–water partition coefficient (Wildman–Crippen LogP) is 1.73. The largest absolute Gasteiger partial charge is 0.314 e. The normalized spacial score (nSPS) is 26.5. The maximum Gasteiger partial charge on any atom is 0.0822 e. The van der Waals surface area contributed by atoms with Gasteiger partial charge in [0.15, 0.2) is 0 Å². The lowest BCUT2D eigenvalue weighted by Gasteiger charge is -2.13. The molecular weight excluding hydrogens is 138 g/mol. The molecule has 0 aromatic rings. The first kappa shape index (κ1) is 9.01. The van der Waals surface area contributed by atoms with Crippen molar-refractivity contribution in [2.75, 3.05) is 13.2 Å². The molecule has 2 heteroatoms. The SMILES string of the molecule is [O]CCCC1CCCCCN1. The van der Waals surface area contributed by atoms with E-state index in [4.69, 9.17) is 0 Å². The first-order valence-electron chi connectivity index (χ1n) is 4.75. The molecule has 11 heavy (non-hydrogen) atoms. The molecule has 2 nitrogen and oxygen atoms in total. The first-order valence-corrected chi connectivity index (χ1v) is 4.75. The van der Waals surface area contributed by atoms with E-state index in [0.29, 0.717) is 6.04 Å². The fraction of sp³-hybridized carbons (Fsp3) is 1.00. The molecule has 1 atom stereocenters. The van der Waals surface area contributed by atoms with Crippen LogP contribution >= 0.6 is 0 Å². The van der Waals surface area contributed by atoms with Crippen LogP contribution in [0.15, 0.2) is 0 Å². The van der Waals surface area contributed by atoms with Gasteiger partial charge in [-0.25, -0.2) is 5.11 Å². The molecule has 65 valence electrons. The van der Waals surface area contributed by atoms with Gasteiger partial charge in [-0.15, -0.1) is 0 Å². The minimum Gasteiger partial charge on any atom is -0.314 e. The van der Waals surface area contributed by atoms with Gasteiger partial charge in [0.1, 0.15) is 0 Å². The summed E-state index contributed by atoms with van der Waals surface area (Å²) >= 11 is 0. The predicted molar refractivity (Wildman–Crippen MR) is 45.0 cm³/mol. The zero-order valence-electron chi connectivity index (χ0n) is 7.14. The van der Waals surface area contributed by atoms with Crippen LogP contribution in [0, 0.1) is 0 Å². The Morgan fingerprint density at radius 2 is 2.18 bits per heavy atom. The van der Waals surface area contributed by atoms with Crippen molar-refractivity contribution in [3.05, 3.63) is 0 Å². The Kier molecular flexibility index (Phi) is 4.55. The number of hydrogen-bond acceptors (Lipinski definition) is 1. The Hall–Kier alpha value is -0.0800. The van der Waals surface area contributed by atoms with Gasteiger partial charge in [0, 0.05) is 6.04 Å². The van der Waals surface area contributed by atoms with E-state index in [1.54, 1.807) is 0 Å². The third-order valence-electron chi connectivity index (χ3n) is 2.36. The average molecular weight is 156 g/mol. The van der Waals surface area contributed by atoms with Crippen molar-refractivity contribution in [3.63, 3.8) is 0 Å². The van der Waals surface area contributed by atoms with Gasteiger partial charge in [-0.3, -0.25) is 0 Å². The Morgan fingerprint density at radius 1 is 1.27 bits per heavy atom. The Bertz CT molecular complexity index is 87.6. The minimum atomic E-state index is 0.0954. The molecule has 1 saturated heterocycles. The summed E-state index contributed by atoms with van der Waals surface area (Å²) in [6, 6.07) is 0.645. The monoisotopic (exact) mass is 156 g/mol. The second kappa shape index (κ2) is 5.56. The molecule has 1 radical (unpaired) electrons. The maximum absolute atomic E-state index is 10.2. The van der Waals surface area contributed by atoms with E-state index >= 15 is 0 Å². The molecule has 0 aliphatic carbocycles. The summed E-state index contributed by atoms with van der Waals surface area (Å²) in [5.74, 6) is 0. The van der Waals surface area contributed by atoms with Crippen molar-refractivity contribution in [3.8, 4) is 0 Å². The standard InChI is InChI=1S/C9H18NO/c11-8-4-6-9-5-2-1-3-7-10-9/h9-10H,1-8H2. The summed E-state index contributed by atoms with van der Waals surface area (Å²) < 4.78 is 0. The van der Waals surface area contributed by atoms with Gasteiger partial charge in [-0.2, -0.15) is 0 Å². The first-order chi connectivity index (χ1) is 5.43. The molecule has 1 rings (SSSR count). The van der Waals surface area contributed by atoms with Crippen LogP contribution in [0.5, 0.6) is 0 Å². The Labute approximate surface area is 69.0 Å². The van der Waals surface area contributed by atoms with Crippen LogP contribution in [-0.2, 0) is 5.11 Å². The van der Waals surface area contributed by atoms with Gasteiger partial charge >= 0.3 is 0 Å². The number of rotatable bonds is 3. The van der Waals surface area contributed by atoms with Crippen molar-refractivity contribution < 1.29 is 5.11 Å². The molecule has 0 saturated carbocycles. The van der Waals surface area contributed by atoms with Crippen molar-refractivity contribution in [2.24, 2.45) is 0 Å². The van der Waals surface area contributed by atoms with E-state index in [-0.39, 0.29) is 6.61 Å². The van der Waals surface area contributed by atoms with Crippen LogP contribution in [0.1, 0.15) is 38.5 Å². The maximum atomic E-state index is 10.2. The smallest absolute Gasteiger partial charge is 0.0822 e. The van der Waals surface area contributed by atoms with Crippen molar-refractivity contribution >= 4 is 0 Å². The highest BCUT2D eigenvalue weighted by molar-refractivity contribution is 4.70. The molecule has 0 bridgehead atoms. The highest BCUT2D eigenvalue weighted by Gasteiger charge is 2.09. The lowest BCUT2D eigenvalue weighted by molar-refractivity contribution is 0.182. The zero-order valence-corrected chi connectivity index (χ0v) is 7.14. The highest BCUT2D eigenvalue weighted by atomic mass is 16.2. The lowest BCUT2D eigenvalue weighted by Crippen LogP contribution is -2.28. The van der Waals surface area contributed by atoms with Crippen molar-refractivity contribution in [1.29, 1.82) is 0 Å². The summed E-state index contributed by atoms with van der Waals surface area (Å²) in [7, 11) is 0. The Morgan fingerprint density at radius 3 is 3.00 bits per heavy atom. The summed E-state index contributed by atoms with van der Waals surface area (Å²) in [4.78, 5) is 0.